The molecule has 2 amide bonds. The number of benzene rings is 3. The number of carboxylic acid groups (broad SMARTS) is 1. The van der Waals surface area contributed by atoms with Crippen LogP contribution in [-0.2, 0) is 30.5 Å². The van der Waals surface area contributed by atoms with E-state index in [4.69, 9.17) is 9.84 Å². The van der Waals surface area contributed by atoms with Crippen molar-refractivity contribution in [2.24, 2.45) is 0 Å². The number of anilines is 1. The summed E-state index contributed by atoms with van der Waals surface area (Å²) in [5.74, 6) is -2.52. The van der Waals surface area contributed by atoms with Crippen molar-refractivity contribution in [1.82, 2.24) is 0 Å². The Morgan fingerprint density at radius 1 is 0.800 bits per heavy atom. The minimum Gasteiger partial charge on any atom is -0.478 e. The molecule has 0 aromatic heterocycles. The van der Waals surface area contributed by atoms with Crippen LogP contribution in [0.25, 0.3) is 6.08 Å². The summed E-state index contributed by atoms with van der Waals surface area (Å²) in [5.41, 5.74) is 2.92. The van der Waals surface area contributed by atoms with Crippen LogP contribution in [-0.4, -0.2) is 28.9 Å². The fraction of sp³-hybridized carbons (Fsp3) is 0.0909. The van der Waals surface area contributed by atoms with Crippen molar-refractivity contribution in [3.8, 4) is 0 Å². The highest BCUT2D eigenvalue weighted by molar-refractivity contribution is 6.35. The van der Waals surface area contributed by atoms with Gasteiger partial charge in [0, 0.05) is 11.1 Å². The molecule has 3 aromatic rings. The molecular weight excluding hydrogens is 506 g/mol. The molecule has 40 heavy (non-hydrogen) atoms. The van der Waals surface area contributed by atoms with Crippen LogP contribution in [0.4, 0.5) is 5.69 Å². The van der Waals surface area contributed by atoms with Crippen LogP contribution in [0, 0.1) is 0 Å². The van der Waals surface area contributed by atoms with Crippen LogP contribution < -0.4 is 4.90 Å². The normalized spacial score (nSPS) is 13.2. The van der Waals surface area contributed by atoms with Gasteiger partial charge in [-0.2, -0.15) is 0 Å². The van der Waals surface area contributed by atoms with Crippen molar-refractivity contribution in [1.29, 1.82) is 0 Å². The molecule has 0 radical (unpaired) electrons. The van der Waals surface area contributed by atoms with Crippen molar-refractivity contribution in [2.75, 3.05) is 4.90 Å². The minimum atomic E-state index is -1.15. The highest BCUT2D eigenvalue weighted by Gasteiger charge is 2.37. The van der Waals surface area contributed by atoms with Crippen molar-refractivity contribution < 1.29 is 29.0 Å². The molecule has 1 N–H and O–H groups in total. The quantitative estimate of drug-likeness (QED) is 0.219. The van der Waals surface area contributed by atoms with Gasteiger partial charge in [-0.3, -0.25) is 9.59 Å². The average Bonchev–Trinajstić information content (AvgIpc) is 3.20. The highest BCUT2D eigenvalue weighted by atomic mass is 16.5. The van der Waals surface area contributed by atoms with Gasteiger partial charge in [0.25, 0.3) is 11.8 Å². The lowest BCUT2D eigenvalue weighted by Gasteiger charge is -2.14. The van der Waals surface area contributed by atoms with E-state index in [9.17, 15) is 19.2 Å². The van der Waals surface area contributed by atoms with E-state index < -0.39 is 17.8 Å². The Morgan fingerprint density at radius 2 is 1.32 bits per heavy atom. The smallest absolute Gasteiger partial charge is 0.333 e. The minimum absolute atomic E-state index is 0.0216. The summed E-state index contributed by atoms with van der Waals surface area (Å²) >= 11 is 0. The molecule has 0 aliphatic carbocycles. The zero-order valence-electron chi connectivity index (χ0n) is 22.2. The van der Waals surface area contributed by atoms with Crippen molar-refractivity contribution in [3.63, 3.8) is 0 Å². The zero-order chi connectivity index (χ0) is 29.1. The second-order valence-electron chi connectivity index (χ2n) is 8.83. The number of hydrogen-bond acceptors (Lipinski definition) is 5. The van der Waals surface area contributed by atoms with Crippen LogP contribution in [0.2, 0.25) is 0 Å². The van der Waals surface area contributed by atoms with Gasteiger partial charge in [-0.15, -0.1) is 0 Å². The van der Waals surface area contributed by atoms with Crippen LogP contribution in [0.1, 0.15) is 25.0 Å². The molecule has 0 fully saturated rings. The Kier molecular flexibility index (Phi) is 10.3. The summed E-state index contributed by atoms with van der Waals surface area (Å²) in [5, 5.41) is 9.15. The number of carbonyl (C=O) groups is 4. The van der Waals surface area contributed by atoms with Gasteiger partial charge < -0.3 is 9.84 Å². The molecule has 1 heterocycles. The number of esters is 1. The second kappa shape index (κ2) is 14.0. The predicted octanol–water partition coefficient (Wildman–Crippen LogP) is 5.91. The number of hydrogen-bond donors (Lipinski definition) is 1. The maximum absolute atomic E-state index is 12.9. The number of carbonyl (C=O) groups excluding carboxylic acids is 3. The summed E-state index contributed by atoms with van der Waals surface area (Å²) in [4.78, 5) is 49.0. The van der Waals surface area contributed by atoms with E-state index in [0.29, 0.717) is 17.9 Å². The molecule has 0 spiro atoms. The molecule has 1 aliphatic heterocycles. The van der Waals surface area contributed by atoms with Crippen molar-refractivity contribution in [3.05, 3.63) is 143 Å². The van der Waals surface area contributed by atoms with Crippen LogP contribution >= 0.6 is 0 Å². The Morgan fingerprint density at radius 3 is 1.88 bits per heavy atom. The summed E-state index contributed by atoms with van der Waals surface area (Å²) < 4.78 is 4.95. The van der Waals surface area contributed by atoms with Gasteiger partial charge in [-0.25, -0.2) is 14.5 Å². The number of ether oxygens (including phenoxy) is 1. The Hall–Kier alpha value is -5.30. The lowest BCUT2D eigenvalue weighted by atomic mass is 10.1. The Balaban J connectivity index is 0.000000285. The number of aliphatic carboxylic acids is 1. The summed E-state index contributed by atoms with van der Waals surface area (Å²) in [6, 6.07) is 27.4. The molecule has 7 heteroatoms. The first-order chi connectivity index (χ1) is 19.2. The number of imide groups is 1. The van der Waals surface area contributed by atoms with E-state index in [1.807, 2.05) is 60.7 Å². The average molecular weight is 536 g/mol. The van der Waals surface area contributed by atoms with E-state index >= 15 is 0 Å². The monoisotopic (exact) mass is 535 g/mol. The lowest BCUT2D eigenvalue weighted by molar-refractivity contribution is -0.140. The Bertz CT molecular complexity index is 1490. The summed E-state index contributed by atoms with van der Waals surface area (Å²) in [6.45, 7) is 6.82. The number of rotatable bonds is 8. The van der Waals surface area contributed by atoms with E-state index in [1.54, 1.807) is 49.4 Å². The second-order valence-corrected chi connectivity index (χ2v) is 8.83. The van der Waals surface area contributed by atoms with Gasteiger partial charge in [-0.05, 0) is 49.3 Å². The third kappa shape index (κ3) is 7.85. The SMILES string of the molecule is C=C(C)C(=O)OCc1ccccc1.CC(=CC1=C(C=Cc2ccccc2)C(=O)N(c2ccccc2)C1=O)C(=O)O. The van der Waals surface area contributed by atoms with Crippen LogP contribution in [0.5, 0.6) is 0 Å². The molecule has 0 saturated heterocycles. The molecule has 0 bridgehead atoms. The summed E-state index contributed by atoms with van der Waals surface area (Å²) in [6.07, 6.45) is 4.52. The van der Waals surface area contributed by atoms with Gasteiger partial charge >= 0.3 is 11.9 Å². The standard InChI is InChI=1S/C22H17NO4.C11H12O2/c1-15(22(26)27)14-19-18(13-12-16-8-4-2-5-9-16)20(24)23(21(19)25)17-10-6-3-7-11-17;1-9(2)11(12)13-8-10-6-4-3-5-7-10/h2-14H,1H3,(H,26,27);3-7H,1,8H2,2H3. The zero-order valence-corrected chi connectivity index (χ0v) is 22.2. The van der Waals surface area contributed by atoms with Crippen LogP contribution in [0.3, 0.4) is 0 Å². The largest absolute Gasteiger partial charge is 0.478 e. The Labute approximate surface area is 233 Å². The summed E-state index contributed by atoms with van der Waals surface area (Å²) in [7, 11) is 0. The van der Waals surface area contributed by atoms with Gasteiger partial charge in [0.1, 0.15) is 6.61 Å². The van der Waals surface area contributed by atoms with Crippen molar-refractivity contribution >= 4 is 35.5 Å². The molecular formula is C33H29NO6. The van der Waals surface area contributed by atoms with Gasteiger partial charge in [0.15, 0.2) is 0 Å². The van der Waals surface area contributed by atoms with Crippen LogP contribution in [0.15, 0.2) is 132 Å². The number of carboxylic acids is 1. The maximum Gasteiger partial charge on any atom is 0.333 e. The van der Waals surface area contributed by atoms with Gasteiger partial charge in [0.2, 0.25) is 0 Å². The number of para-hydroxylation sites is 1. The fourth-order valence-electron chi connectivity index (χ4n) is 3.54. The van der Waals surface area contributed by atoms with E-state index in [-0.39, 0.29) is 22.7 Å². The lowest BCUT2D eigenvalue weighted by Crippen LogP contribution is -2.31. The molecule has 0 atom stereocenters. The first kappa shape index (κ1) is 29.3. The highest BCUT2D eigenvalue weighted by Crippen LogP contribution is 2.29. The fourth-order valence-corrected chi connectivity index (χ4v) is 3.54. The van der Waals surface area contributed by atoms with E-state index in [0.717, 1.165) is 16.0 Å². The molecule has 3 aromatic carbocycles. The molecule has 4 rings (SSSR count). The first-order valence-corrected chi connectivity index (χ1v) is 12.4. The van der Waals surface area contributed by atoms with E-state index in [2.05, 4.69) is 6.58 Å². The third-order valence-corrected chi connectivity index (χ3v) is 5.67. The third-order valence-electron chi connectivity index (χ3n) is 5.67. The molecule has 0 saturated carbocycles. The maximum atomic E-state index is 12.9. The predicted molar refractivity (Wildman–Crippen MR) is 154 cm³/mol. The molecule has 202 valence electrons. The molecule has 1 aliphatic rings. The van der Waals surface area contributed by atoms with Gasteiger partial charge in [0.05, 0.1) is 16.8 Å². The van der Waals surface area contributed by atoms with E-state index in [1.165, 1.54) is 13.0 Å². The van der Waals surface area contributed by atoms with Gasteiger partial charge in [-0.1, -0.05) is 91.5 Å². The number of amides is 2. The first-order valence-electron chi connectivity index (χ1n) is 12.4. The molecule has 0 unspecified atom stereocenters. The van der Waals surface area contributed by atoms with Crippen molar-refractivity contribution in [2.45, 2.75) is 20.5 Å². The number of nitrogens with zero attached hydrogens (tertiary/aromatic N) is 1. The molecule has 7 nitrogen and oxygen atoms in total. The topological polar surface area (TPSA) is 101 Å².